The Hall–Kier alpha value is -2.48. The van der Waals surface area contributed by atoms with Crippen LogP contribution in [-0.2, 0) is 11.2 Å². The van der Waals surface area contributed by atoms with Crippen molar-refractivity contribution < 1.29 is 14.3 Å². The van der Waals surface area contributed by atoms with Crippen molar-refractivity contribution >= 4 is 52.0 Å². The van der Waals surface area contributed by atoms with Crippen molar-refractivity contribution in [3.63, 3.8) is 0 Å². The van der Waals surface area contributed by atoms with E-state index in [1.807, 2.05) is 31.2 Å². The Morgan fingerprint density at radius 3 is 2.87 bits per heavy atom. The third-order valence-corrected chi connectivity index (χ3v) is 7.03. The summed E-state index contributed by atoms with van der Waals surface area (Å²) in [7, 11) is 0. The minimum absolute atomic E-state index is 0.0529. The lowest BCUT2D eigenvalue weighted by Gasteiger charge is -2.11. The molecule has 3 heterocycles. The standard InChI is InChI=1S/C22H19ClN2O3S2/c1-12(26)19-4-5-20(30-19)14-7-15-8-16(28-22(15)18(23)9-14)10-25-21(27)6-3-17-11-24-13(2)29-17/h3-7,9,11,16H,8,10H2,1-2H3,(H,25,27). The van der Waals surface area contributed by atoms with Gasteiger partial charge in [-0.1, -0.05) is 11.6 Å². The summed E-state index contributed by atoms with van der Waals surface area (Å²) in [5, 5.41) is 4.37. The second-order valence-corrected chi connectivity index (χ2v) is 9.73. The highest BCUT2D eigenvalue weighted by atomic mass is 35.5. The highest BCUT2D eigenvalue weighted by molar-refractivity contribution is 7.17. The van der Waals surface area contributed by atoms with Gasteiger partial charge in [0.25, 0.3) is 0 Å². The molecule has 1 amide bonds. The highest BCUT2D eigenvalue weighted by Gasteiger charge is 2.26. The number of halogens is 1. The number of carbonyl (C=O) groups excluding carboxylic acids is 2. The minimum atomic E-state index is -0.178. The lowest BCUT2D eigenvalue weighted by Crippen LogP contribution is -2.33. The largest absolute Gasteiger partial charge is 0.486 e. The predicted octanol–water partition coefficient (Wildman–Crippen LogP) is 5.17. The molecule has 1 aromatic carbocycles. The zero-order valence-corrected chi connectivity index (χ0v) is 18.8. The van der Waals surface area contributed by atoms with E-state index in [-0.39, 0.29) is 17.8 Å². The number of nitrogens with one attached hydrogen (secondary N) is 1. The zero-order chi connectivity index (χ0) is 21.3. The summed E-state index contributed by atoms with van der Waals surface area (Å²) >= 11 is 9.44. The molecule has 3 aromatic rings. The van der Waals surface area contributed by atoms with Crippen molar-refractivity contribution in [3.05, 3.63) is 61.9 Å². The SMILES string of the molecule is CC(=O)c1ccc(-c2cc(Cl)c3c(c2)CC(CNC(=O)C=Cc2cnc(C)s2)O3)s1. The van der Waals surface area contributed by atoms with Gasteiger partial charge in [-0.2, -0.15) is 0 Å². The quantitative estimate of drug-likeness (QED) is 0.408. The van der Waals surface area contributed by atoms with Crippen LogP contribution >= 0.6 is 34.3 Å². The molecule has 0 fully saturated rings. The van der Waals surface area contributed by atoms with Gasteiger partial charge in [-0.05, 0) is 49.8 Å². The third-order valence-electron chi connectivity index (χ3n) is 4.63. The van der Waals surface area contributed by atoms with Crippen LogP contribution in [0.1, 0.15) is 32.0 Å². The fourth-order valence-corrected chi connectivity index (χ4v) is 5.07. The molecule has 1 unspecified atom stereocenters. The summed E-state index contributed by atoms with van der Waals surface area (Å²) in [5.74, 6) is 0.540. The Labute approximate surface area is 187 Å². The third kappa shape index (κ3) is 4.64. The van der Waals surface area contributed by atoms with Gasteiger partial charge in [-0.25, -0.2) is 4.98 Å². The van der Waals surface area contributed by atoms with E-state index in [0.717, 1.165) is 30.8 Å². The van der Waals surface area contributed by atoms with E-state index in [1.165, 1.54) is 28.7 Å². The number of ketones is 1. The monoisotopic (exact) mass is 458 g/mol. The molecule has 0 aliphatic carbocycles. The second-order valence-electron chi connectivity index (χ2n) is 6.97. The van der Waals surface area contributed by atoms with Crippen molar-refractivity contribution in [1.29, 1.82) is 0 Å². The summed E-state index contributed by atoms with van der Waals surface area (Å²) in [5.41, 5.74) is 1.97. The number of carbonyl (C=O) groups is 2. The molecular weight excluding hydrogens is 440 g/mol. The van der Waals surface area contributed by atoms with E-state index < -0.39 is 0 Å². The maximum absolute atomic E-state index is 12.1. The van der Waals surface area contributed by atoms with E-state index in [0.29, 0.717) is 23.7 Å². The Bertz CT molecular complexity index is 1150. The summed E-state index contributed by atoms with van der Waals surface area (Å²) < 4.78 is 5.96. The van der Waals surface area contributed by atoms with Crippen LogP contribution in [0.4, 0.5) is 0 Å². The first-order chi connectivity index (χ1) is 14.4. The molecule has 4 rings (SSSR count). The molecule has 0 radical (unpaired) electrons. The summed E-state index contributed by atoms with van der Waals surface area (Å²) in [6.07, 6.45) is 5.48. The van der Waals surface area contributed by atoms with E-state index in [4.69, 9.17) is 16.3 Å². The summed E-state index contributed by atoms with van der Waals surface area (Å²) in [4.78, 5) is 30.5. The van der Waals surface area contributed by atoms with Crippen molar-refractivity contribution in [2.75, 3.05) is 6.54 Å². The molecule has 1 atom stereocenters. The van der Waals surface area contributed by atoms with Crippen LogP contribution in [0, 0.1) is 6.92 Å². The van der Waals surface area contributed by atoms with Crippen LogP contribution in [0.2, 0.25) is 5.02 Å². The molecule has 1 aliphatic rings. The number of aryl methyl sites for hydroxylation is 1. The number of amides is 1. The molecule has 1 N–H and O–H groups in total. The number of thiazole rings is 1. The lowest BCUT2D eigenvalue weighted by atomic mass is 10.1. The number of thiophene rings is 1. The van der Waals surface area contributed by atoms with Crippen LogP contribution in [0.3, 0.4) is 0 Å². The Morgan fingerprint density at radius 1 is 1.33 bits per heavy atom. The number of Topliss-reactive ketones (excluding diaryl/α,β-unsaturated/α-hetero) is 1. The molecular formula is C22H19ClN2O3S2. The lowest BCUT2D eigenvalue weighted by molar-refractivity contribution is -0.116. The van der Waals surface area contributed by atoms with Crippen LogP contribution in [0.15, 0.2) is 36.5 Å². The molecule has 1 aliphatic heterocycles. The van der Waals surface area contributed by atoms with Gasteiger partial charge in [0.05, 0.1) is 21.5 Å². The molecule has 154 valence electrons. The second kappa shape index (κ2) is 8.71. The van der Waals surface area contributed by atoms with E-state index in [2.05, 4.69) is 10.3 Å². The van der Waals surface area contributed by atoms with Crippen LogP contribution in [0.5, 0.6) is 5.75 Å². The van der Waals surface area contributed by atoms with Gasteiger partial charge in [0.15, 0.2) is 5.78 Å². The summed E-state index contributed by atoms with van der Waals surface area (Å²) in [6, 6.07) is 7.67. The molecule has 2 aromatic heterocycles. The van der Waals surface area contributed by atoms with Gasteiger partial charge < -0.3 is 10.1 Å². The predicted molar refractivity (Wildman–Crippen MR) is 122 cm³/mol. The number of ether oxygens (including phenoxy) is 1. The van der Waals surface area contributed by atoms with Crippen LogP contribution in [0.25, 0.3) is 16.5 Å². The average Bonchev–Trinajstić information content (AvgIpc) is 3.43. The Morgan fingerprint density at radius 2 is 2.17 bits per heavy atom. The first-order valence-corrected chi connectivity index (χ1v) is 11.4. The zero-order valence-electron chi connectivity index (χ0n) is 16.4. The maximum atomic E-state index is 12.1. The Kier molecular flexibility index (Phi) is 6.04. The van der Waals surface area contributed by atoms with Gasteiger partial charge in [-0.15, -0.1) is 22.7 Å². The normalized spacial score (nSPS) is 15.2. The van der Waals surface area contributed by atoms with E-state index in [9.17, 15) is 9.59 Å². The van der Waals surface area contributed by atoms with Crippen molar-refractivity contribution in [1.82, 2.24) is 10.3 Å². The van der Waals surface area contributed by atoms with Crippen LogP contribution in [-0.4, -0.2) is 29.3 Å². The first kappa shape index (κ1) is 20.8. The van der Waals surface area contributed by atoms with Crippen molar-refractivity contribution in [2.24, 2.45) is 0 Å². The number of fused-ring (bicyclic) bond motifs is 1. The Balaban J connectivity index is 1.39. The van der Waals surface area contributed by atoms with Crippen molar-refractivity contribution in [2.45, 2.75) is 26.4 Å². The summed E-state index contributed by atoms with van der Waals surface area (Å²) in [6.45, 7) is 3.87. The number of nitrogens with zero attached hydrogens (tertiary/aromatic N) is 1. The number of hydrogen-bond acceptors (Lipinski definition) is 6. The number of benzene rings is 1. The molecule has 8 heteroatoms. The van der Waals surface area contributed by atoms with E-state index >= 15 is 0 Å². The van der Waals surface area contributed by atoms with Gasteiger partial charge in [0, 0.05) is 34.0 Å². The molecule has 0 bridgehead atoms. The van der Waals surface area contributed by atoms with E-state index in [1.54, 1.807) is 19.2 Å². The van der Waals surface area contributed by atoms with Gasteiger partial charge in [-0.3, -0.25) is 9.59 Å². The fourth-order valence-electron chi connectivity index (χ4n) is 3.21. The number of hydrogen-bond donors (Lipinski definition) is 1. The molecule has 0 saturated heterocycles. The molecule has 0 saturated carbocycles. The fraction of sp³-hybridized carbons (Fsp3) is 0.227. The first-order valence-electron chi connectivity index (χ1n) is 9.37. The smallest absolute Gasteiger partial charge is 0.244 e. The number of rotatable bonds is 6. The maximum Gasteiger partial charge on any atom is 0.244 e. The number of aromatic nitrogens is 1. The topological polar surface area (TPSA) is 68.3 Å². The molecule has 30 heavy (non-hydrogen) atoms. The van der Waals surface area contributed by atoms with Gasteiger partial charge in [0.1, 0.15) is 11.9 Å². The molecule has 5 nitrogen and oxygen atoms in total. The molecule has 0 spiro atoms. The van der Waals surface area contributed by atoms with Gasteiger partial charge >= 0.3 is 0 Å². The average molecular weight is 459 g/mol. The minimum Gasteiger partial charge on any atom is -0.486 e. The van der Waals surface area contributed by atoms with Gasteiger partial charge in [0.2, 0.25) is 5.91 Å². The highest BCUT2D eigenvalue weighted by Crippen LogP contribution is 2.41. The van der Waals surface area contributed by atoms with Crippen molar-refractivity contribution in [3.8, 4) is 16.2 Å². The van der Waals surface area contributed by atoms with Crippen LogP contribution < -0.4 is 10.1 Å².